The average molecular weight is 399 g/mol. The Morgan fingerprint density at radius 1 is 1.10 bits per heavy atom. The van der Waals surface area contributed by atoms with Crippen LogP contribution in [0.15, 0.2) is 54.7 Å². The first kappa shape index (κ1) is 17.6. The molecule has 1 fully saturated rings. The molecule has 3 aromatic rings. The quantitative estimate of drug-likeness (QED) is 0.600. The molecule has 4 heterocycles. The molecule has 0 aliphatic carbocycles. The lowest BCUT2D eigenvalue weighted by Gasteiger charge is -2.39. The van der Waals surface area contributed by atoms with Crippen LogP contribution >= 0.6 is 0 Å². The zero-order chi connectivity index (χ0) is 20.2. The van der Waals surface area contributed by atoms with E-state index in [0.29, 0.717) is 0 Å². The molecule has 0 spiro atoms. The Morgan fingerprint density at radius 2 is 2.00 bits per heavy atom. The Labute approximate surface area is 175 Å². The van der Waals surface area contributed by atoms with E-state index in [4.69, 9.17) is 0 Å². The normalized spacial score (nSPS) is 22.9. The van der Waals surface area contributed by atoms with Crippen LogP contribution in [-0.2, 0) is 6.42 Å². The van der Waals surface area contributed by atoms with E-state index < -0.39 is 0 Å². The van der Waals surface area contributed by atoms with Gasteiger partial charge in [-0.2, -0.15) is 0 Å². The van der Waals surface area contributed by atoms with Gasteiger partial charge in [-0.1, -0.05) is 36.4 Å². The lowest BCUT2D eigenvalue weighted by atomic mass is 9.92. The van der Waals surface area contributed by atoms with Crippen molar-refractivity contribution < 1.29 is 9.90 Å². The third kappa shape index (κ3) is 2.58. The fraction of sp³-hybridized carbons (Fsp3) is 0.320. The van der Waals surface area contributed by atoms with Gasteiger partial charge in [0.2, 0.25) is 0 Å². The summed E-state index contributed by atoms with van der Waals surface area (Å²) in [5.41, 5.74) is 5.61. The van der Waals surface area contributed by atoms with Crippen molar-refractivity contribution in [2.45, 2.75) is 44.2 Å². The third-order valence-corrected chi connectivity index (χ3v) is 6.99. The van der Waals surface area contributed by atoms with E-state index in [9.17, 15) is 9.90 Å². The zero-order valence-corrected chi connectivity index (χ0v) is 16.8. The van der Waals surface area contributed by atoms with Gasteiger partial charge >= 0.3 is 6.03 Å². The van der Waals surface area contributed by atoms with Crippen molar-refractivity contribution in [2.24, 2.45) is 0 Å². The number of fused-ring (bicyclic) bond motifs is 4. The molecule has 3 aliphatic heterocycles. The summed E-state index contributed by atoms with van der Waals surface area (Å²) in [6.45, 7) is 0.791. The molecule has 2 bridgehead atoms. The van der Waals surface area contributed by atoms with Crippen molar-refractivity contribution in [3.05, 3.63) is 65.9 Å². The number of anilines is 1. The topological polar surface area (TPSA) is 59.6 Å². The van der Waals surface area contributed by atoms with E-state index >= 15 is 0 Å². The minimum absolute atomic E-state index is 0.122. The maximum absolute atomic E-state index is 13.6. The van der Waals surface area contributed by atoms with E-state index in [0.717, 1.165) is 60.8 Å². The average Bonchev–Trinajstić information content (AvgIpc) is 3.29. The minimum atomic E-state index is 0.122. The summed E-state index contributed by atoms with van der Waals surface area (Å²) < 4.78 is 0. The standard InChI is InChI=1S/C25H25N3O2/c29-23-15-26-21-8-3-7-20(24(21)23)17-13-18-10-11-19(14-17)28(18)25(30)27-12-4-6-16-5-1-2-9-22(16)27/h1-3,5,7-9,13,15,18-19,26,29H,4,6,10-12,14H2. The van der Waals surface area contributed by atoms with E-state index in [1.807, 2.05) is 23.1 Å². The number of H-pyrrole nitrogens is 1. The van der Waals surface area contributed by atoms with Crippen molar-refractivity contribution in [2.75, 3.05) is 11.4 Å². The molecule has 152 valence electrons. The zero-order valence-electron chi connectivity index (χ0n) is 16.8. The number of nitrogens with one attached hydrogen (secondary N) is 1. The lowest BCUT2D eigenvalue weighted by Crippen LogP contribution is -2.51. The van der Waals surface area contributed by atoms with Crippen molar-refractivity contribution in [3.8, 4) is 5.75 Å². The summed E-state index contributed by atoms with van der Waals surface area (Å²) >= 11 is 0. The number of para-hydroxylation sites is 1. The van der Waals surface area contributed by atoms with Crippen LogP contribution in [0.4, 0.5) is 10.5 Å². The van der Waals surface area contributed by atoms with Gasteiger partial charge in [-0.25, -0.2) is 4.79 Å². The van der Waals surface area contributed by atoms with Gasteiger partial charge in [0.25, 0.3) is 0 Å². The number of urea groups is 1. The molecule has 2 atom stereocenters. The van der Waals surface area contributed by atoms with Crippen molar-refractivity contribution in [3.63, 3.8) is 0 Å². The highest BCUT2D eigenvalue weighted by Crippen LogP contribution is 2.43. The van der Waals surface area contributed by atoms with Crippen LogP contribution in [-0.4, -0.2) is 39.6 Å². The van der Waals surface area contributed by atoms with E-state index in [1.54, 1.807) is 6.20 Å². The molecule has 30 heavy (non-hydrogen) atoms. The van der Waals surface area contributed by atoms with E-state index in [-0.39, 0.29) is 23.9 Å². The third-order valence-electron chi connectivity index (χ3n) is 6.99. The number of nitrogens with zero attached hydrogens (tertiary/aromatic N) is 2. The van der Waals surface area contributed by atoms with Crippen LogP contribution in [0.5, 0.6) is 5.75 Å². The van der Waals surface area contributed by atoms with Gasteiger partial charge in [0, 0.05) is 35.4 Å². The maximum atomic E-state index is 13.6. The molecule has 0 saturated carbocycles. The van der Waals surface area contributed by atoms with Crippen molar-refractivity contribution in [1.29, 1.82) is 0 Å². The highest BCUT2D eigenvalue weighted by molar-refractivity contribution is 5.98. The molecule has 0 radical (unpaired) electrons. The van der Waals surface area contributed by atoms with Crippen molar-refractivity contribution in [1.82, 2.24) is 9.88 Å². The fourth-order valence-electron chi connectivity index (χ4n) is 5.63. The number of aromatic amines is 1. The summed E-state index contributed by atoms with van der Waals surface area (Å²) in [6.07, 6.45) is 8.84. The Kier molecular flexibility index (Phi) is 3.91. The van der Waals surface area contributed by atoms with Crippen LogP contribution in [0.1, 0.15) is 36.8 Å². The second kappa shape index (κ2) is 6.66. The second-order valence-electron chi connectivity index (χ2n) is 8.67. The summed E-state index contributed by atoms with van der Waals surface area (Å²) in [7, 11) is 0. The number of hydrogen-bond acceptors (Lipinski definition) is 2. The monoisotopic (exact) mass is 399 g/mol. The van der Waals surface area contributed by atoms with Crippen LogP contribution in [0.2, 0.25) is 0 Å². The van der Waals surface area contributed by atoms with E-state index in [1.165, 1.54) is 11.1 Å². The molecule has 2 aromatic carbocycles. The first-order chi connectivity index (χ1) is 14.7. The number of aromatic hydroxyl groups is 1. The predicted molar refractivity (Wildman–Crippen MR) is 119 cm³/mol. The molecule has 6 rings (SSSR count). The van der Waals surface area contributed by atoms with Gasteiger partial charge in [0.05, 0.1) is 6.04 Å². The Bertz CT molecular complexity index is 1180. The largest absolute Gasteiger partial charge is 0.506 e. The number of aromatic nitrogens is 1. The van der Waals surface area contributed by atoms with Gasteiger partial charge in [-0.3, -0.25) is 4.90 Å². The van der Waals surface area contributed by atoms with Gasteiger partial charge in [-0.15, -0.1) is 0 Å². The molecule has 2 amide bonds. The van der Waals surface area contributed by atoms with E-state index in [2.05, 4.69) is 40.2 Å². The highest BCUT2D eigenvalue weighted by atomic mass is 16.3. The maximum Gasteiger partial charge on any atom is 0.325 e. The van der Waals surface area contributed by atoms with Crippen LogP contribution in [0, 0.1) is 0 Å². The van der Waals surface area contributed by atoms with Gasteiger partial charge in [-0.05, 0) is 60.9 Å². The summed E-state index contributed by atoms with van der Waals surface area (Å²) in [5, 5.41) is 11.2. The van der Waals surface area contributed by atoms with Gasteiger partial charge in [0.15, 0.2) is 0 Å². The number of amides is 2. The van der Waals surface area contributed by atoms with Crippen LogP contribution in [0.3, 0.4) is 0 Å². The van der Waals surface area contributed by atoms with Crippen LogP contribution < -0.4 is 4.90 Å². The first-order valence-electron chi connectivity index (χ1n) is 10.9. The molecule has 1 aromatic heterocycles. The Hall–Kier alpha value is -3.21. The fourth-order valence-corrected chi connectivity index (χ4v) is 5.63. The molecule has 1 saturated heterocycles. The molecular weight excluding hydrogens is 374 g/mol. The first-order valence-corrected chi connectivity index (χ1v) is 10.9. The highest BCUT2D eigenvalue weighted by Gasteiger charge is 2.42. The molecular formula is C25H25N3O2. The number of hydrogen-bond donors (Lipinski definition) is 2. The SMILES string of the molecule is O=C(N1CCCc2ccccc21)N1C2C=C(c3cccc4[nH]cc(O)c34)CC1CC2. The predicted octanol–water partition coefficient (Wildman–Crippen LogP) is 5.07. The number of aryl methyl sites for hydroxylation is 1. The number of rotatable bonds is 1. The van der Waals surface area contributed by atoms with Crippen LogP contribution in [0.25, 0.3) is 16.5 Å². The van der Waals surface area contributed by atoms with Gasteiger partial charge < -0.3 is 15.0 Å². The molecule has 5 nitrogen and oxygen atoms in total. The number of carbonyl (C=O) groups is 1. The lowest BCUT2D eigenvalue weighted by molar-refractivity contribution is 0.186. The molecule has 3 aliphatic rings. The van der Waals surface area contributed by atoms with Gasteiger partial charge in [0.1, 0.15) is 5.75 Å². The molecule has 5 heteroatoms. The summed E-state index contributed by atoms with van der Waals surface area (Å²) in [5.74, 6) is 0.289. The second-order valence-corrected chi connectivity index (χ2v) is 8.67. The Balaban J connectivity index is 1.35. The summed E-state index contributed by atoms with van der Waals surface area (Å²) in [6, 6.07) is 14.9. The Morgan fingerprint density at radius 3 is 2.90 bits per heavy atom. The minimum Gasteiger partial charge on any atom is -0.506 e. The smallest absolute Gasteiger partial charge is 0.325 e. The molecule has 2 unspecified atom stereocenters. The van der Waals surface area contributed by atoms with Crippen molar-refractivity contribution >= 4 is 28.2 Å². The summed E-state index contributed by atoms with van der Waals surface area (Å²) in [4.78, 5) is 20.9. The number of carbonyl (C=O) groups excluding carboxylic acids is 1. The molecule has 2 N–H and O–H groups in total. The number of benzene rings is 2.